The molecule has 0 radical (unpaired) electrons. The van der Waals surface area contributed by atoms with Crippen molar-refractivity contribution in [3.63, 3.8) is 0 Å². The molecule has 0 aliphatic carbocycles. The highest BCUT2D eigenvalue weighted by atomic mass is 16.2. The van der Waals surface area contributed by atoms with Gasteiger partial charge in [-0.2, -0.15) is 0 Å². The van der Waals surface area contributed by atoms with Gasteiger partial charge in [-0.3, -0.25) is 9.59 Å². The smallest absolute Gasteiger partial charge is 0.253 e. The Morgan fingerprint density at radius 2 is 1.86 bits per heavy atom. The lowest BCUT2D eigenvalue weighted by molar-refractivity contribution is -0.120. The van der Waals surface area contributed by atoms with E-state index in [2.05, 4.69) is 29.8 Å². The quantitative estimate of drug-likeness (QED) is 0.845. The standard InChI is InChI=1S/C23H26N4O2/c1-2-15-5-8-17(9-6-15)27-23(29)19-14-24-20-10-7-16(13-18(20)21(19)25-27)22(28)26-11-3-4-12-26/h5-10,13,19,21,24-25H,2-4,11-12,14H2,1H3. The SMILES string of the molecule is CCc1ccc(N2NC3c4cc(C(=O)N5CCCC5)ccc4NCC3C2=O)cc1. The van der Waals surface area contributed by atoms with E-state index in [1.54, 1.807) is 5.01 Å². The van der Waals surface area contributed by atoms with Gasteiger partial charge < -0.3 is 10.2 Å². The van der Waals surface area contributed by atoms with Crippen LogP contribution in [0.3, 0.4) is 0 Å². The predicted molar refractivity (Wildman–Crippen MR) is 113 cm³/mol. The summed E-state index contributed by atoms with van der Waals surface area (Å²) in [4.78, 5) is 27.8. The van der Waals surface area contributed by atoms with Gasteiger partial charge in [-0.05, 0) is 60.7 Å². The summed E-state index contributed by atoms with van der Waals surface area (Å²) in [5.41, 5.74) is 8.19. The van der Waals surface area contributed by atoms with Crippen LogP contribution in [-0.4, -0.2) is 36.3 Å². The van der Waals surface area contributed by atoms with Crippen LogP contribution >= 0.6 is 0 Å². The maximum absolute atomic E-state index is 13.1. The van der Waals surface area contributed by atoms with Gasteiger partial charge in [0, 0.05) is 30.9 Å². The number of rotatable bonds is 3. The molecule has 29 heavy (non-hydrogen) atoms. The zero-order valence-electron chi connectivity index (χ0n) is 16.6. The molecule has 150 valence electrons. The number of hydrogen-bond donors (Lipinski definition) is 2. The zero-order chi connectivity index (χ0) is 20.0. The van der Waals surface area contributed by atoms with Crippen LogP contribution in [0.5, 0.6) is 0 Å². The Balaban J connectivity index is 1.44. The number of benzene rings is 2. The third-order valence-electron chi connectivity index (χ3n) is 6.35. The lowest BCUT2D eigenvalue weighted by Crippen LogP contribution is -2.35. The van der Waals surface area contributed by atoms with Crippen molar-refractivity contribution in [1.29, 1.82) is 0 Å². The van der Waals surface area contributed by atoms with Crippen LogP contribution in [0, 0.1) is 5.92 Å². The van der Waals surface area contributed by atoms with Crippen LogP contribution in [0.4, 0.5) is 11.4 Å². The molecule has 0 saturated carbocycles. The number of carbonyl (C=O) groups excluding carboxylic acids is 2. The Hall–Kier alpha value is -2.86. The predicted octanol–water partition coefficient (Wildman–Crippen LogP) is 3.12. The Kier molecular flexibility index (Phi) is 4.51. The van der Waals surface area contributed by atoms with Crippen LogP contribution in [0.1, 0.15) is 47.3 Å². The fourth-order valence-corrected chi connectivity index (χ4v) is 4.61. The molecule has 3 aliphatic rings. The van der Waals surface area contributed by atoms with Crippen molar-refractivity contribution >= 4 is 23.2 Å². The molecule has 5 rings (SSSR count). The van der Waals surface area contributed by atoms with Gasteiger partial charge in [0.25, 0.3) is 5.91 Å². The van der Waals surface area contributed by atoms with E-state index < -0.39 is 0 Å². The average molecular weight is 390 g/mol. The summed E-state index contributed by atoms with van der Waals surface area (Å²) in [5.74, 6) is -0.0390. The van der Waals surface area contributed by atoms with Crippen molar-refractivity contribution in [3.8, 4) is 0 Å². The van der Waals surface area contributed by atoms with Gasteiger partial charge in [0.1, 0.15) is 0 Å². The summed E-state index contributed by atoms with van der Waals surface area (Å²) in [6.07, 6.45) is 3.12. The van der Waals surface area contributed by atoms with Crippen molar-refractivity contribution in [2.45, 2.75) is 32.2 Å². The first kappa shape index (κ1) is 18.2. The number of hydrazine groups is 1. The van der Waals surface area contributed by atoms with Gasteiger partial charge in [-0.25, -0.2) is 10.4 Å². The molecule has 2 N–H and O–H groups in total. The average Bonchev–Trinajstić information content (AvgIpc) is 3.41. The van der Waals surface area contributed by atoms with E-state index in [9.17, 15) is 9.59 Å². The summed E-state index contributed by atoms with van der Waals surface area (Å²) < 4.78 is 0. The summed E-state index contributed by atoms with van der Waals surface area (Å²) in [7, 11) is 0. The molecule has 2 amide bonds. The number of likely N-dealkylation sites (tertiary alicyclic amines) is 1. The van der Waals surface area contributed by atoms with Gasteiger partial charge >= 0.3 is 0 Å². The Morgan fingerprint density at radius 1 is 1.10 bits per heavy atom. The Labute approximate surface area is 170 Å². The summed E-state index contributed by atoms with van der Waals surface area (Å²) >= 11 is 0. The minimum atomic E-state index is -0.189. The monoisotopic (exact) mass is 390 g/mol. The lowest BCUT2D eigenvalue weighted by atomic mass is 9.88. The van der Waals surface area contributed by atoms with Crippen LogP contribution in [0.15, 0.2) is 42.5 Å². The second-order valence-electron chi connectivity index (χ2n) is 8.09. The van der Waals surface area contributed by atoms with E-state index >= 15 is 0 Å². The van der Waals surface area contributed by atoms with E-state index in [1.165, 1.54) is 5.56 Å². The maximum Gasteiger partial charge on any atom is 0.253 e. The number of carbonyl (C=O) groups is 2. The maximum atomic E-state index is 13.1. The third kappa shape index (κ3) is 3.08. The number of hydrogen-bond acceptors (Lipinski definition) is 4. The molecule has 2 saturated heterocycles. The van der Waals surface area contributed by atoms with Crippen molar-refractivity contribution in [3.05, 3.63) is 59.2 Å². The highest BCUT2D eigenvalue weighted by molar-refractivity contribution is 5.99. The van der Waals surface area contributed by atoms with Crippen molar-refractivity contribution in [1.82, 2.24) is 10.3 Å². The van der Waals surface area contributed by atoms with Crippen LogP contribution < -0.4 is 15.8 Å². The topological polar surface area (TPSA) is 64.7 Å². The molecule has 6 nitrogen and oxygen atoms in total. The Bertz CT molecular complexity index is 950. The zero-order valence-corrected chi connectivity index (χ0v) is 16.6. The van der Waals surface area contributed by atoms with Gasteiger partial charge in [0.2, 0.25) is 5.91 Å². The first-order valence-electron chi connectivity index (χ1n) is 10.5. The molecule has 2 fully saturated rings. The highest BCUT2D eigenvalue weighted by Gasteiger charge is 2.44. The van der Waals surface area contributed by atoms with E-state index in [0.717, 1.165) is 49.3 Å². The molecule has 2 aromatic rings. The fourth-order valence-electron chi connectivity index (χ4n) is 4.61. The van der Waals surface area contributed by atoms with E-state index in [1.807, 2.05) is 35.2 Å². The molecule has 2 aromatic carbocycles. The second-order valence-corrected chi connectivity index (χ2v) is 8.09. The fraction of sp³-hybridized carbons (Fsp3) is 0.391. The minimum absolute atomic E-state index is 0.0636. The van der Waals surface area contributed by atoms with Crippen molar-refractivity contribution in [2.24, 2.45) is 5.92 Å². The molecular formula is C23H26N4O2. The van der Waals surface area contributed by atoms with Gasteiger partial charge in [0.05, 0.1) is 17.6 Å². The molecule has 0 bridgehead atoms. The number of nitrogens with one attached hydrogen (secondary N) is 2. The normalized spacial score (nSPS) is 23.0. The minimum Gasteiger partial charge on any atom is -0.384 e. The molecule has 0 spiro atoms. The van der Waals surface area contributed by atoms with Gasteiger partial charge in [-0.1, -0.05) is 19.1 Å². The summed E-state index contributed by atoms with van der Waals surface area (Å²) in [5, 5.41) is 5.05. The number of aryl methyl sites for hydroxylation is 1. The number of amides is 2. The van der Waals surface area contributed by atoms with Crippen molar-refractivity contribution < 1.29 is 9.59 Å². The first-order valence-corrected chi connectivity index (χ1v) is 10.5. The second kappa shape index (κ2) is 7.19. The van der Waals surface area contributed by atoms with E-state index in [4.69, 9.17) is 0 Å². The molecule has 2 unspecified atom stereocenters. The molecule has 6 heteroatoms. The third-order valence-corrected chi connectivity index (χ3v) is 6.35. The van der Waals surface area contributed by atoms with Crippen LogP contribution in [-0.2, 0) is 11.2 Å². The Morgan fingerprint density at radius 3 is 2.59 bits per heavy atom. The lowest BCUT2D eigenvalue weighted by Gasteiger charge is -2.28. The summed E-state index contributed by atoms with van der Waals surface area (Å²) in [6.45, 7) is 4.37. The van der Waals surface area contributed by atoms with Crippen molar-refractivity contribution in [2.75, 3.05) is 30.0 Å². The number of fused-ring (bicyclic) bond motifs is 3. The molecule has 3 aliphatic heterocycles. The van der Waals surface area contributed by atoms with Gasteiger partial charge in [0.15, 0.2) is 0 Å². The first-order chi connectivity index (χ1) is 14.2. The number of anilines is 2. The molecule has 2 atom stereocenters. The van der Waals surface area contributed by atoms with Crippen LogP contribution in [0.25, 0.3) is 0 Å². The van der Waals surface area contributed by atoms with E-state index in [0.29, 0.717) is 12.1 Å². The van der Waals surface area contributed by atoms with Gasteiger partial charge in [-0.15, -0.1) is 0 Å². The highest BCUT2D eigenvalue weighted by Crippen LogP contribution is 2.40. The molecule has 3 heterocycles. The number of nitrogens with zero attached hydrogens (tertiary/aromatic N) is 2. The van der Waals surface area contributed by atoms with Crippen LogP contribution in [0.2, 0.25) is 0 Å². The summed E-state index contributed by atoms with van der Waals surface area (Å²) in [6, 6.07) is 13.8. The van der Waals surface area contributed by atoms with E-state index in [-0.39, 0.29) is 23.8 Å². The largest absolute Gasteiger partial charge is 0.384 e. The molecular weight excluding hydrogens is 364 g/mol. The molecule has 0 aromatic heterocycles.